The van der Waals surface area contributed by atoms with Crippen LogP contribution in [-0.2, 0) is 9.53 Å². The molecule has 0 saturated carbocycles. The van der Waals surface area contributed by atoms with Gasteiger partial charge in [0.05, 0.1) is 25.5 Å². The lowest BCUT2D eigenvalue weighted by atomic mass is 10.00. The van der Waals surface area contributed by atoms with E-state index in [-0.39, 0.29) is 18.1 Å². The molecule has 1 amide bonds. The second kappa shape index (κ2) is 8.10. The lowest BCUT2D eigenvalue weighted by Crippen LogP contribution is -2.47. The molecule has 1 saturated heterocycles. The molecule has 2 aromatic rings. The summed E-state index contributed by atoms with van der Waals surface area (Å²) in [6, 6.07) is 13.3. The number of hydrogen-bond acceptors (Lipinski definition) is 5. The third-order valence-electron chi connectivity index (χ3n) is 5.46. The maximum absolute atomic E-state index is 13.1. The van der Waals surface area contributed by atoms with Crippen molar-refractivity contribution in [2.24, 2.45) is 0 Å². The molecule has 0 bridgehead atoms. The maximum atomic E-state index is 13.1. The van der Waals surface area contributed by atoms with E-state index in [2.05, 4.69) is 5.32 Å². The van der Waals surface area contributed by atoms with Crippen molar-refractivity contribution in [3.8, 4) is 11.5 Å². The summed E-state index contributed by atoms with van der Waals surface area (Å²) in [5, 5.41) is 3.43. The van der Waals surface area contributed by atoms with Gasteiger partial charge in [-0.3, -0.25) is 4.79 Å². The second-order valence-electron chi connectivity index (χ2n) is 7.11. The zero-order valence-corrected chi connectivity index (χ0v) is 16.3. The van der Waals surface area contributed by atoms with Crippen LogP contribution in [0, 0.1) is 0 Å². The van der Waals surface area contributed by atoms with Crippen LogP contribution < -0.4 is 19.7 Å². The Morgan fingerprint density at radius 1 is 1.11 bits per heavy atom. The van der Waals surface area contributed by atoms with Crippen LogP contribution in [0.25, 0.3) is 0 Å². The molecule has 2 atom stereocenters. The van der Waals surface area contributed by atoms with Crippen LogP contribution in [-0.4, -0.2) is 39.3 Å². The summed E-state index contributed by atoms with van der Waals surface area (Å²) in [6.07, 6.45) is 2.60. The van der Waals surface area contributed by atoms with Gasteiger partial charge in [-0.2, -0.15) is 0 Å². The molecule has 148 valence electrons. The average Bonchev–Trinajstić information content (AvgIpc) is 2.75. The number of amides is 1. The number of nitrogens with one attached hydrogen (secondary N) is 1. The zero-order valence-electron chi connectivity index (χ0n) is 16.3. The topological polar surface area (TPSA) is 60.0 Å². The van der Waals surface area contributed by atoms with Gasteiger partial charge in [-0.1, -0.05) is 12.1 Å². The van der Waals surface area contributed by atoms with Gasteiger partial charge in [-0.05, 0) is 43.2 Å². The van der Waals surface area contributed by atoms with Crippen molar-refractivity contribution in [2.75, 3.05) is 37.6 Å². The van der Waals surface area contributed by atoms with Gasteiger partial charge in [0.25, 0.3) is 0 Å². The molecule has 2 aromatic carbocycles. The van der Waals surface area contributed by atoms with E-state index in [0.717, 1.165) is 54.2 Å². The van der Waals surface area contributed by atoms with E-state index in [0.29, 0.717) is 6.61 Å². The Balaban J connectivity index is 1.54. The fraction of sp³-hybridized carbons (Fsp3) is 0.409. The Bertz CT molecular complexity index is 837. The minimum Gasteiger partial charge on any atom is -0.497 e. The molecule has 4 rings (SSSR count). The first-order chi connectivity index (χ1) is 13.7. The Morgan fingerprint density at radius 2 is 1.93 bits per heavy atom. The Labute approximate surface area is 165 Å². The fourth-order valence-electron chi connectivity index (χ4n) is 3.97. The van der Waals surface area contributed by atoms with Crippen LogP contribution in [0.5, 0.6) is 11.5 Å². The lowest BCUT2D eigenvalue weighted by Gasteiger charge is -2.34. The van der Waals surface area contributed by atoms with Crippen LogP contribution in [0.15, 0.2) is 42.5 Å². The van der Waals surface area contributed by atoms with Gasteiger partial charge in [0.15, 0.2) is 0 Å². The van der Waals surface area contributed by atoms with Crippen molar-refractivity contribution in [1.82, 2.24) is 0 Å². The van der Waals surface area contributed by atoms with Gasteiger partial charge in [-0.25, -0.2) is 0 Å². The number of ether oxygens (including phenoxy) is 3. The fourth-order valence-corrected chi connectivity index (χ4v) is 3.97. The number of piperidine rings is 1. The number of rotatable bonds is 5. The van der Waals surface area contributed by atoms with Gasteiger partial charge in [0.1, 0.15) is 17.5 Å². The first-order valence-electron chi connectivity index (χ1n) is 9.71. The number of carbonyl (C=O) groups excluding carboxylic acids is 1. The van der Waals surface area contributed by atoms with Crippen LogP contribution in [0.2, 0.25) is 0 Å². The molecule has 0 aliphatic carbocycles. The highest BCUT2D eigenvalue weighted by molar-refractivity contribution is 5.99. The summed E-state index contributed by atoms with van der Waals surface area (Å²) >= 11 is 0. The van der Waals surface area contributed by atoms with Crippen molar-refractivity contribution >= 4 is 17.3 Å². The summed E-state index contributed by atoms with van der Waals surface area (Å²) < 4.78 is 16.7. The summed E-state index contributed by atoms with van der Waals surface area (Å²) in [7, 11) is 3.36. The third kappa shape index (κ3) is 3.52. The van der Waals surface area contributed by atoms with E-state index in [1.807, 2.05) is 47.4 Å². The van der Waals surface area contributed by atoms with Crippen LogP contribution in [0.3, 0.4) is 0 Å². The van der Waals surface area contributed by atoms with Gasteiger partial charge >= 0.3 is 0 Å². The number of anilines is 2. The monoisotopic (exact) mass is 382 g/mol. The van der Waals surface area contributed by atoms with Crippen molar-refractivity contribution in [1.29, 1.82) is 0 Å². The normalized spacial score (nSPS) is 21.6. The minimum absolute atomic E-state index is 0.0309. The molecule has 0 spiro atoms. The molecule has 2 unspecified atom stereocenters. The first kappa shape index (κ1) is 18.6. The Kier molecular flexibility index (Phi) is 5.39. The van der Waals surface area contributed by atoms with E-state index >= 15 is 0 Å². The van der Waals surface area contributed by atoms with E-state index in [1.54, 1.807) is 14.2 Å². The smallest absolute Gasteiger partial charge is 0.249 e. The molecule has 1 N–H and O–H groups in total. The molecular formula is C22H26N2O4. The minimum atomic E-state index is -0.283. The Morgan fingerprint density at radius 3 is 2.68 bits per heavy atom. The Hall–Kier alpha value is -2.73. The maximum Gasteiger partial charge on any atom is 0.249 e. The molecule has 1 fully saturated rings. The summed E-state index contributed by atoms with van der Waals surface area (Å²) in [6.45, 7) is 1.33. The highest BCUT2D eigenvalue weighted by atomic mass is 16.5. The second-order valence-corrected chi connectivity index (χ2v) is 7.11. The predicted octanol–water partition coefficient (Wildman–Crippen LogP) is 3.77. The van der Waals surface area contributed by atoms with E-state index in [9.17, 15) is 4.79 Å². The van der Waals surface area contributed by atoms with Gasteiger partial charge in [-0.15, -0.1) is 0 Å². The number of methoxy groups -OCH3 is 2. The number of nitrogens with zero attached hydrogens (tertiary/aromatic N) is 1. The lowest BCUT2D eigenvalue weighted by molar-refractivity contribution is -0.120. The summed E-state index contributed by atoms with van der Waals surface area (Å²) in [5.41, 5.74) is 2.78. The van der Waals surface area contributed by atoms with Crippen molar-refractivity contribution in [3.05, 3.63) is 48.0 Å². The van der Waals surface area contributed by atoms with E-state index in [1.165, 1.54) is 0 Å². The molecule has 0 radical (unpaired) electrons. The largest absolute Gasteiger partial charge is 0.497 e. The molecule has 6 heteroatoms. The number of carbonyl (C=O) groups is 1. The molecule has 0 aromatic heterocycles. The van der Waals surface area contributed by atoms with Gasteiger partial charge in [0, 0.05) is 31.3 Å². The highest BCUT2D eigenvalue weighted by Gasteiger charge is 2.31. The van der Waals surface area contributed by atoms with E-state index in [4.69, 9.17) is 14.2 Å². The molecule has 2 aliphatic rings. The average molecular weight is 382 g/mol. The van der Waals surface area contributed by atoms with Crippen molar-refractivity contribution < 1.29 is 19.0 Å². The molecule has 2 aliphatic heterocycles. The zero-order chi connectivity index (χ0) is 19.5. The quantitative estimate of drug-likeness (QED) is 0.853. The van der Waals surface area contributed by atoms with Gasteiger partial charge < -0.3 is 24.4 Å². The van der Waals surface area contributed by atoms with E-state index < -0.39 is 0 Å². The number of benzene rings is 2. The van der Waals surface area contributed by atoms with Crippen LogP contribution in [0.1, 0.15) is 30.9 Å². The molecule has 28 heavy (non-hydrogen) atoms. The van der Waals surface area contributed by atoms with Crippen molar-refractivity contribution in [3.63, 3.8) is 0 Å². The molecule has 2 heterocycles. The SMILES string of the molecule is COc1ccc(N2CCCC(Nc3cccc4c3OCCC4OC)C2=O)cc1. The summed E-state index contributed by atoms with van der Waals surface area (Å²) in [4.78, 5) is 15.0. The predicted molar refractivity (Wildman–Crippen MR) is 108 cm³/mol. The van der Waals surface area contributed by atoms with Gasteiger partial charge in [0.2, 0.25) is 5.91 Å². The number of para-hydroxylation sites is 1. The van der Waals surface area contributed by atoms with Crippen LogP contribution >= 0.6 is 0 Å². The first-order valence-corrected chi connectivity index (χ1v) is 9.71. The highest BCUT2D eigenvalue weighted by Crippen LogP contribution is 2.40. The summed E-state index contributed by atoms with van der Waals surface area (Å²) in [5.74, 6) is 1.66. The van der Waals surface area contributed by atoms with Crippen molar-refractivity contribution in [2.45, 2.75) is 31.4 Å². The standard InChI is InChI=1S/C22H26N2O4/c1-26-16-10-8-15(9-11-16)24-13-4-7-19(22(24)25)23-18-6-3-5-17-20(27-2)12-14-28-21(17)18/h3,5-6,8-11,19-20,23H,4,7,12-14H2,1-2H3. The number of hydrogen-bond donors (Lipinski definition) is 1. The number of fused-ring (bicyclic) bond motifs is 1. The van der Waals surface area contributed by atoms with Crippen LogP contribution in [0.4, 0.5) is 11.4 Å². The molecule has 6 nitrogen and oxygen atoms in total. The third-order valence-corrected chi connectivity index (χ3v) is 5.46. The molecular weight excluding hydrogens is 356 g/mol.